The summed E-state index contributed by atoms with van der Waals surface area (Å²) in [7, 11) is -3.69. The van der Waals surface area contributed by atoms with Gasteiger partial charge in [-0.05, 0) is 39.5 Å². The van der Waals surface area contributed by atoms with Gasteiger partial charge in [-0.3, -0.25) is 4.79 Å². The van der Waals surface area contributed by atoms with E-state index in [-0.39, 0.29) is 23.3 Å². The number of carbonyl (C=O) groups is 1. The smallest absolute Gasteiger partial charge is 0.248 e. The van der Waals surface area contributed by atoms with Gasteiger partial charge in [0.25, 0.3) is 0 Å². The molecule has 1 aliphatic rings. The summed E-state index contributed by atoms with van der Waals surface area (Å²) in [6, 6.07) is 0. The standard InChI is InChI=1S/C17H29N3O4S/c1-5-9-19(10-6-2)17(21)15-8-7-11-20(12-15)25(22,23)16-13(3)18-24-14(16)4/h15H,5-12H2,1-4H3. The monoisotopic (exact) mass is 371 g/mol. The van der Waals surface area contributed by atoms with Gasteiger partial charge in [-0.25, -0.2) is 8.42 Å². The van der Waals surface area contributed by atoms with Crippen LogP contribution in [0.1, 0.15) is 51.0 Å². The minimum absolute atomic E-state index is 0.0716. The fourth-order valence-electron chi connectivity index (χ4n) is 3.46. The van der Waals surface area contributed by atoms with Gasteiger partial charge in [-0.2, -0.15) is 4.31 Å². The van der Waals surface area contributed by atoms with Crippen molar-refractivity contribution in [2.45, 2.75) is 58.3 Å². The highest BCUT2D eigenvalue weighted by atomic mass is 32.2. The second-order valence-corrected chi connectivity index (χ2v) is 8.56. The Morgan fingerprint density at radius 2 is 1.92 bits per heavy atom. The molecule has 0 aliphatic carbocycles. The SMILES string of the molecule is CCCN(CCC)C(=O)C1CCCN(S(=O)(=O)c2c(C)noc2C)C1. The molecule has 7 nitrogen and oxygen atoms in total. The van der Waals surface area contributed by atoms with Crippen LogP contribution in [0.2, 0.25) is 0 Å². The Morgan fingerprint density at radius 1 is 1.28 bits per heavy atom. The zero-order valence-corrected chi connectivity index (χ0v) is 16.4. The Balaban J connectivity index is 2.19. The molecule has 1 unspecified atom stereocenters. The maximum atomic E-state index is 13.0. The Kier molecular flexibility index (Phi) is 6.62. The van der Waals surface area contributed by atoms with Crippen LogP contribution in [0.5, 0.6) is 0 Å². The Bertz CT molecular complexity index is 673. The molecule has 0 saturated carbocycles. The molecular weight excluding hydrogens is 342 g/mol. The molecule has 0 spiro atoms. The fourth-order valence-corrected chi connectivity index (χ4v) is 5.28. The van der Waals surface area contributed by atoms with Crippen LogP contribution in [0, 0.1) is 19.8 Å². The van der Waals surface area contributed by atoms with Gasteiger partial charge in [0.2, 0.25) is 15.9 Å². The summed E-state index contributed by atoms with van der Waals surface area (Å²) in [6.45, 7) is 9.42. The maximum absolute atomic E-state index is 13.0. The quantitative estimate of drug-likeness (QED) is 0.734. The summed E-state index contributed by atoms with van der Waals surface area (Å²) in [5.74, 6) is 0.0917. The van der Waals surface area contributed by atoms with Gasteiger partial charge in [0.1, 0.15) is 10.6 Å². The molecule has 8 heteroatoms. The largest absolute Gasteiger partial charge is 0.360 e. The van der Waals surface area contributed by atoms with E-state index in [9.17, 15) is 13.2 Å². The third-order valence-corrected chi connectivity index (χ3v) is 6.71. The molecule has 1 aliphatic heterocycles. The Labute approximate surface area is 150 Å². The van der Waals surface area contributed by atoms with Gasteiger partial charge in [0.15, 0.2) is 5.76 Å². The lowest BCUT2D eigenvalue weighted by molar-refractivity contribution is -0.136. The molecule has 2 rings (SSSR count). The number of hydrogen-bond acceptors (Lipinski definition) is 5. The molecule has 1 aromatic rings. The van der Waals surface area contributed by atoms with Crippen molar-refractivity contribution in [3.05, 3.63) is 11.5 Å². The number of aromatic nitrogens is 1. The zero-order chi connectivity index (χ0) is 18.6. The summed E-state index contributed by atoms with van der Waals surface area (Å²) in [5.41, 5.74) is 0.365. The van der Waals surface area contributed by atoms with E-state index >= 15 is 0 Å². The molecule has 2 heterocycles. The number of sulfonamides is 1. The summed E-state index contributed by atoms with van der Waals surface area (Å²) in [6.07, 6.45) is 3.22. The normalized spacial score (nSPS) is 19.1. The summed E-state index contributed by atoms with van der Waals surface area (Å²) in [4.78, 5) is 14.9. The number of rotatable bonds is 7. The van der Waals surface area contributed by atoms with Crippen molar-refractivity contribution in [1.29, 1.82) is 0 Å². The first-order valence-electron chi connectivity index (χ1n) is 9.04. The molecule has 1 fully saturated rings. The predicted molar refractivity (Wildman–Crippen MR) is 94.6 cm³/mol. The second kappa shape index (κ2) is 8.31. The molecule has 0 bridgehead atoms. The van der Waals surface area contributed by atoms with Crippen molar-refractivity contribution in [3.63, 3.8) is 0 Å². The molecule has 0 aromatic carbocycles. The van der Waals surface area contributed by atoms with Crippen LogP contribution in [-0.4, -0.2) is 54.9 Å². The van der Waals surface area contributed by atoms with Crippen molar-refractivity contribution in [3.8, 4) is 0 Å². The molecule has 1 amide bonds. The van der Waals surface area contributed by atoms with E-state index in [0.717, 1.165) is 32.4 Å². The van der Waals surface area contributed by atoms with E-state index in [2.05, 4.69) is 5.16 Å². The number of amides is 1. The minimum Gasteiger partial charge on any atom is -0.360 e. The first-order chi connectivity index (χ1) is 11.8. The Morgan fingerprint density at radius 3 is 2.44 bits per heavy atom. The lowest BCUT2D eigenvalue weighted by atomic mass is 9.98. The molecule has 142 valence electrons. The van der Waals surface area contributed by atoms with E-state index in [0.29, 0.717) is 24.4 Å². The molecule has 0 radical (unpaired) electrons. The van der Waals surface area contributed by atoms with Crippen LogP contribution < -0.4 is 0 Å². The second-order valence-electron chi connectivity index (χ2n) is 6.68. The van der Waals surface area contributed by atoms with Gasteiger partial charge >= 0.3 is 0 Å². The topological polar surface area (TPSA) is 83.7 Å². The average molecular weight is 372 g/mol. The van der Waals surface area contributed by atoms with E-state index in [1.807, 2.05) is 18.7 Å². The number of aryl methyl sites for hydroxylation is 2. The van der Waals surface area contributed by atoms with Crippen molar-refractivity contribution < 1.29 is 17.7 Å². The lowest BCUT2D eigenvalue weighted by Crippen LogP contribution is -2.47. The molecule has 1 aromatic heterocycles. The van der Waals surface area contributed by atoms with Crippen LogP contribution >= 0.6 is 0 Å². The highest BCUT2D eigenvalue weighted by Gasteiger charge is 2.37. The molecule has 0 N–H and O–H groups in total. The van der Waals surface area contributed by atoms with Crippen LogP contribution in [0.15, 0.2) is 9.42 Å². The first kappa shape index (κ1) is 19.9. The third kappa shape index (κ3) is 4.23. The molecular formula is C17H29N3O4S. The van der Waals surface area contributed by atoms with Crippen LogP contribution in [0.3, 0.4) is 0 Å². The average Bonchev–Trinajstić information content (AvgIpc) is 2.93. The third-order valence-electron chi connectivity index (χ3n) is 4.60. The zero-order valence-electron chi connectivity index (χ0n) is 15.6. The van der Waals surface area contributed by atoms with Crippen molar-refractivity contribution >= 4 is 15.9 Å². The van der Waals surface area contributed by atoms with E-state index in [1.54, 1.807) is 13.8 Å². The van der Waals surface area contributed by atoms with Crippen molar-refractivity contribution in [1.82, 2.24) is 14.4 Å². The van der Waals surface area contributed by atoms with Gasteiger partial charge in [-0.15, -0.1) is 0 Å². The number of nitrogens with zero attached hydrogens (tertiary/aromatic N) is 3. The van der Waals surface area contributed by atoms with Gasteiger partial charge in [0, 0.05) is 26.2 Å². The molecule has 1 saturated heterocycles. The number of piperidine rings is 1. The number of carbonyl (C=O) groups excluding carboxylic acids is 1. The van der Waals surface area contributed by atoms with E-state index < -0.39 is 10.0 Å². The van der Waals surface area contributed by atoms with Crippen molar-refractivity contribution in [2.75, 3.05) is 26.2 Å². The summed E-state index contributed by atoms with van der Waals surface area (Å²) >= 11 is 0. The van der Waals surface area contributed by atoms with E-state index in [1.165, 1.54) is 4.31 Å². The van der Waals surface area contributed by atoms with Crippen LogP contribution in [-0.2, 0) is 14.8 Å². The Hall–Kier alpha value is -1.41. The van der Waals surface area contributed by atoms with Crippen LogP contribution in [0.4, 0.5) is 0 Å². The first-order valence-corrected chi connectivity index (χ1v) is 10.5. The van der Waals surface area contributed by atoms with Crippen LogP contribution in [0.25, 0.3) is 0 Å². The lowest BCUT2D eigenvalue weighted by Gasteiger charge is -2.34. The highest BCUT2D eigenvalue weighted by molar-refractivity contribution is 7.89. The maximum Gasteiger partial charge on any atom is 0.248 e. The highest BCUT2D eigenvalue weighted by Crippen LogP contribution is 2.28. The van der Waals surface area contributed by atoms with Gasteiger partial charge in [0.05, 0.1) is 5.92 Å². The summed E-state index contributed by atoms with van der Waals surface area (Å²) < 4.78 is 32.4. The fraction of sp³-hybridized carbons (Fsp3) is 0.765. The predicted octanol–water partition coefficient (Wildman–Crippen LogP) is 2.34. The van der Waals surface area contributed by atoms with E-state index in [4.69, 9.17) is 4.52 Å². The van der Waals surface area contributed by atoms with Gasteiger partial charge < -0.3 is 9.42 Å². The minimum atomic E-state index is -3.69. The van der Waals surface area contributed by atoms with Crippen molar-refractivity contribution in [2.24, 2.45) is 5.92 Å². The summed E-state index contributed by atoms with van der Waals surface area (Å²) in [5, 5.41) is 3.75. The molecule has 25 heavy (non-hydrogen) atoms. The van der Waals surface area contributed by atoms with Gasteiger partial charge in [-0.1, -0.05) is 19.0 Å². The number of hydrogen-bond donors (Lipinski definition) is 0. The molecule has 1 atom stereocenters.